The number of benzene rings is 1. The van der Waals surface area contributed by atoms with Gasteiger partial charge in [-0.15, -0.1) is 11.8 Å². The highest BCUT2D eigenvalue weighted by molar-refractivity contribution is 8.00. The van der Waals surface area contributed by atoms with Gasteiger partial charge in [0.1, 0.15) is 0 Å². The van der Waals surface area contributed by atoms with E-state index in [9.17, 15) is 0 Å². The summed E-state index contributed by atoms with van der Waals surface area (Å²) in [5.74, 6) is 0.641. The van der Waals surface area contributed by atoms with Gasteiger partial charge < -0.3 is 10.1 Å². The van der Waals surface area contributed by atoms with E-state index in [2.05, 4.69) is 43.6 Å². The van der Waals surface area contributed by atoms with Crippen LogP contribution in [0.1, 0.15) is 18.9 Å². The summed E-state index contributed by atoms with van der Waals surface area (Å²) >= 11 is 2.03. The van der Waals surface area contributed by atoms with Crippen LogP contribution in [-0.2, 0) is 11.2 Å². The molecule has 3 unspecified atom stereocenters. The first-order valence-corrected chi connectivity index (χ1v) is 7.55. The molecule has 0 fully saturated rings. The average Bonchev–Trinajstić information content (AvgIpc) is 2.80. The zero-order chi connectivity index (χ0) is 13.0. The van der Waals surface area contributed by atoms with Gasteiger partial charge in [-0.25, -0.2) is 0 Å². The molecule has 1 aromatic rings. The molecule has 1 aliphatic heterocycles. The lowest BCUT2D eigenvalue weighted by atomic mass is 9.93. The first kappa shape index (κ1) is 13.9. The summed E-state index contributed by atoms with van der Waals surface area (Å²) in [6, 6.07) is 9.33. The Balaban J connectivity index is 1.99. The monoisotopic (exact) mass is 265 g/mol. The fourth-order valence-electron chi connectivity index (χ4n) is 2.73. The van der Waals surface area contributed by atoms with E-state index in [-0.39, 0.29) is 0 Å². The minimum absolute atomic E-state index is 0.553. The standard InChI is InChI=1S/C15H23NOS/c1-11(8-9-17-3)15(16-2)14-10-12-6-4-5-7-13(12)18-14/h4-7,11,14-16H,8-10H2,1-3H3. The minimum Gasteiger partial charge on any atom is -0.385 e. The maximum absolute atomic E-state index is 5.20. The van der Waals surface area contributed by atoms with E-state index in [0.29, 0.717) is 17.2 Å². The van der Waals surface area contributed by atoms with E-state index < -0.39 is 0 Å². The molecule has 2 rings (SSSR count). The molecule has 1 aliphatic rings. The quantitative estimate of drug-likeness (QED) is 0.854. The first-order valence-electron chi connectivity index (χ1n) is 6.67. The van der Waals surface area contributed by atoms with Gasteiger partial charge in [-0.2, -0.15) is 0 Å². The highest BCUT2D eigenvalue weighted by Crippen LogP contribution is 2.39. The molecule has 100 valence electrons. The molecule has 1 heterocycles. The summed E-state index contributed by atoms with van der Waals surface area (Å²) in [5.41, 5.74) is 1.51. The minimum atomic E-state index is 0.553. The molecule has 1 N–H and O–H groups in total. The van der Waals surface area contributed by atoms with Gasteiger partial charge in [0.25, 0.3) is 0 Å². The van der Waals surface area contributed by atoms with Gasteiger partial charge in [-0.3, -0.25) is 0 Å². The molecule has 0 bridgehead atoms. The molecule has 3 heteroatoms. The number of ether oxygens (including phenoxy) is 1. The molecule has 0 spiro atoms. The number of fused-ring (bicyclic) bond motifs is 1. The van der Waals surface area contributed by atoms with Crippen molar-refractivity contribution in [2.45, 2.75) is 36.0 Å². The van der Waals surface area contributed by atoms with Crippen LogP contribution in [0, 0.1) is 5.92 Å². The van der Waals surface area contributed by atoms with Crippen molar-refractivity contribution >= 4 is 11.8 Å². The maximum Gasteiger partial charge on any atom is 0.0465 e. The average molecular weight is 265 g/mol. The molecule has 0 saturated carbocycles. The molecular formula is C15H23NOS. The zero-order valence-electron chi connectivity index (χ0n) is 11.5. The Kier molecular flexibility index (Phi) is 5.10. The van der Waals surface area contributed by atoms with E-state index in [4.69, 9.17) is 4.74 Å². The highest BCUT2D eigenvalue weighted by Gasteiger charge is 2.31. The summed E-state index contributed by atoms with van der Waals surface area (Å²) in [7, 11) is 3.86. The van der Waals surface area contributed by atoms with Gasteiger partial charge in [-0.05, 0) is 37.4 Å². The number of methoxy groups -OCH3 is 1. The van der Waals surface area contributed by atoms with E-state index in [1.54, 1.807) is 7.11 Å². The van der Waals surface area contributed by atoms with E-state index in [1.807, 2.05) is 11.8 Å². The van der Waals surface area contributed by atoms with Crippen LogP contribution in [0.2, 0.25) is 0 Å². The summed E-state index contributed by atoms with van der Waals surface area (Å²) in [5, 5.41) is 4.16. The van der Waals surface area contributed by atoms with E-state index in [1.165, 1.54) is 16.9 Å². The Morgan fingerprint density at radius 3 is 2.89 bits per heavy atom. The SMILES string of the molecule is CNC(C(C)CCOC)C1Cc2ccccc2S1. The normalized spacial score (nSPS) is 21.6. The van der Waals surface area contributed by atoms with Crippen LogP contribution in [-0.4, -0.2) is 32.1 Å². The van der Waals surface area contributed by atoms with Crippen LogP contribution in [0.4, 0.5) is 0 Å². The second-order valence-electron chi connectivity index (χ2n) is 5.04. The van der Waals surface area contributed by atoms with Crippen molar-refractivity contribution in [2.75, 3.05) is 20.8 Å². The van der Waals surface area contributed by atoms with Gasteiger partial charge in [0.15, 0.2) is 0 Å². The number of hydrogen-bond acceptors (Lipinski definition) is 3. The Hall–Kier alpha value is -0.510. The van der Waals surface area contributed by atoms with Gasteiger partial charge >= 0.3 is 0 Å². The predicted octanol–water partition coefficient (Wildman–Crippen LogP) is 2.96. The third kappa shape index (κ3) is 3.08. The van der Waals surface area contributed by atoms with E-state index in [0.717, 1.165) is 13.0 Å². The Labute approximate surface area is 114 Å². The fourth-order valence-corrected chi connectivity index (χ4v) is 4.33. The molecule has 3 atom stereocenters. The van der Waals surface area contributed by atoms with Crippen LogP contribution in [0.25, 0.3) is 0 Å². The fraction of sp³-hybridized carbons (Fsp3) is 0.600. The third-order valence-electron chi connectivity index (χ3n) is 3.80. The molecular weight excluding hydrogens is 242 g/mol. The van der Waals surface area contributed by atoms with Crippen LogP contribution >= 0.6 is 11.8 Å². The summed E-state index contributed by atoms with van der Waals surface area (Å²) < 4.78 is 5.20. The van der Waals surface area contributed by atoms with Crippen LogP contribution in [0.3, 0.4) is 0 Å². The van der Waals surface area contributed by atoms with Crippen molar-refractivity contribution in [3.8, 4) is 0 Å². The number of nitrogens with one attached hydrogen (secondary N) is 1. The Bertz CT molecular complexity index is 358. The zero-order valence-corrected chi connectivity index (χ0v) is 12.3. The third-order valence-corrected chi connectivity index (χ3v) is 5.21. The van der Waals surface area contributed by atoms with Crippen LogP contribution < -0.4 is 5.32 Å². The van der Waals surface area contributed by atoms with Crippen molar-refractivity contribution in [3.05, 3.63) is 29.8 Å². The number of hydrogen-bond donors (Lipinski definition) is 1. The smallest absolute Gasteiger partial charge is 0.0465 e. The molecule has 0 aromatic heterocycles. The topological polar surface area (TPSA) is 21.3 Å². The molecule has 2 nitrogen and oxygen atoms in total. The van der Waals surface area contributed by atoms with Gasteiger partial charge in [0, 0.05) is 29.9 Å². The van der Waals surface area contributed by atoms with Crippen molar-refractivity contribution in [3.63, 3.8) is 0 Å². The highest BCUT2D eigenvalue weighted by atomic mass is 32.2. The number of rotatable bonds is 6. The van der Waals surface area contributed by atoms with Gasteiger partial charge in [0.05, 0.1) is 0 Å². The van der Waals surface area contributed by atoms with Crippen molar-refractivity contribution in [1.82, 2.24) is 5.32 Å². The lowest BCUT2D eigenvalue weighted by molar-refractivity contribution is 0.170. The van der Waals surface area contributed by atoms with E-state index >= 15 is 0 Å². The van der Waals surface area contributed by atoms with Crippen molar-refractivity contribution < 1.29 is 4.74 Å². The van der Waals surface area contributed by atoms with Crippen LogP contribution in [0.5, 0.6) is 0 Å². The predicted molar refractivity (Wildman–Crippen MR) is 78.3 cm³/mol. The Morgan fingerprint density at radius 1 is 1.44 bits per heavy atom. The largest absolute Gasteiger partial charge is 0.385 e. The lowest BCUT2D eigenvalue weighted by Gasteiger charge is -2.28. The second kappa shape index (κ2) is 6.60. The van der Waals surface area contributed by atoms with Gasteiger partial charge in [0.2, 0.25) is 0 Å². The Morgan fingerprint density at radius 2 is 2.22 bits per heavy atom. The van der Waals surface area contributed by atoms with Gasteiger partial charge in [-0.1, -0.05) is 25.1 Å². The van der Waals surface area contributed by atoms with Crippen molar-refractivity contribution in [2.24, 2.45) is 5.92 Å². The molecule has 18 heavy (non-hydrogen) atoms. The molecule has 0 amide bonds. The molecule has 0 saturated heterocycles. The maximum atomic E-state index is 5.20. The lowest BCUT2D eigenvalue weighted by Crippen LogP contribution is -2.41. The molecule has 1 aromatic carbocycles. The second-order valence-corrected chi connectivity index (χ2v) is 6.32. The molecule has 0 aliphatic carbocycles. The first-order chi connectivity index (χ1) is 8.76. The van der Waals surface area contributed by atoms with Crippen molar-refractivity contribution in [1.29, 1.82) is 0 Å². The summed E-state index contributed by atoms with van der Waals surface area (Å²) in [4.78, 5) is 1.46. The summed E-state index contributed by atoms with van der Waals surface area (Å²) in [6.45, 7) is 3.17. The number of thioether (sulfide) groups is 1. The summed E-state index contributed by atoms with van der Waals surface area (Å²) in [6.07, 6.45) is 2.30. The van der Waals surface area contributed by atoms with Crippen LogP contribution in [0.15, 0.2) is 29.2 Å². The molecule has 0 radical (unpaired) electrons.